The van der Waals surface area contributed by atoms with Crippen LogP contribution in [0.15, 0.2) is 29.4 Å². The molecule has 0 aliphatic heterocycles. The summed E-state index contributed by atoms with van der Waals surface area (Å²) in [5, 5.41) is 14.7. The molecule has 5 nitrogen and oxygen atoms in total. The van der Waals surface area contributed by atoms with Crippen molar-refractivity contribution in [2.75, 3.05) is 6.61 Å². The SMILES string of the molecule is CCC(CO)N(/N=C/c1ccccc1Cl)C(N)=O. The third-order valence-corrected chi connectivity index (χ3v) is 2.82. The van der Waals surface area contributed by atoms with Gasteiger partial charge in [-0.15, -0.1) is 0 Å². The highest BCUT2D eigenvalue weighted by molar-refractivity contribution is 6.33. The van der Waals surface area contributed by atoms with Crippen LogP contribution in [-0.2, 0) is 0 Å². The van der Waals surface area contributed by atoms with E-state index in [1.807, 2.05) is 13.0 Å². The molecule has 0 spiro atoms. The molecule has 1 unspecified atom stereocenters. The number of aliphatic hydroxyl groups excluding tert-OH is 1. The van der Waals surface area contributed by atoms with E-state index in [1.54, 1.807) is 18.2 Å². The number of amides is 2. The Morgan fingerprint density at radius 3 is 2.78 bits per heavy atom. The molecule has 0 saturated heterocycles. The minimum atomic E-state index is -0.709. The number of hydrogen-bond donors (Lipinski definition) is 2. The van der Waals surface area contributed by atoms with Crippen molar-refractivity contribution in [3.63, 3.8) is 0 Å². The van der Waals surface area contributed by atoms with Crippen molar-refractivity contribution in [2.45, 2.75) is 19.4 Å². The van der Waals surface area contributed by atoms with Crippen molar-refractivity contribution >= 4 is 23.8 Å². The van der Waals surface area contributed by atoms with E-state index < -0.39 is 12.1 Å². The first-order chi connectivity index (χ1) is 8.60. The van der Waals surface area contributed by atoms with Crippen LogP contribution in [0.3, 0.4) is 0 Å². The van der Waals surface area contributed by atoms with Crippen molar-refractivity contribution in [1.82, 2.24) is 5.01 Å². The van der Waals surface area contributed by atoms with E-state index in [4.69, 9.17) is 22.4 Å². The molecule has 6 heteroatoms. The Morgan fingerprint density at radius 2 is 2.28 bits per heavy atom. The highest BCUT2D eigenvalue weighted by Gasteiger charge is 2.18. The Morgan fingerprint density at radius 1 is 1.61 bits per heavy atom. The molecule has 98 valence electrons. The zero-order valence-electron chi connectivity index (χ0n) is 10.1. The Balaban J connectivity index is 2.91. The number of rotatable bonds is 5. The maximum absolute atomic E-state index is 11.3. The largest absolute Gasteiger partial charge is 0.394 e. The molecule has 0 aromatic heterocycles. The van der Waals surface area contributed by atoms with Gasteiger partial charge in [0.1, 0.15) is 0 Å². The molecule has 3 N–H and O–H groups in total. The molecular weight excluding hydrogens is 254 g/mol. The number of hydrogen-bond acceptors (Lipinski definition) is 3. The van der Waals surface area contributed by atoms with Gasteiger partial charge in [-0.3, -0.25) is 0 Å². The number of urea groups is 1. The van der Waals surface area contributed by atoms with Crippen molar-refractivity contribution in [2.24, 2.45) is 10.8 Å². The van der Waals surface area contributed by atoms with E-state index in [2.05, 4.69) is 5.10 Å². The summed E-state index contributed by atoms with van der Waals surface area (Å²) in [6, 6.07) is 5.96. The Labute approximate surface area is 111 Å². The lowest BCUT2D eigenvalue weighted by Gasteiger charge is -2.22. The minimum Gasteiger partial charge on any atom is -0.394 e. The molecule has 0 radical (unpaired) electrons. The fourth-order valence-electron chi connectivity index (χ4n) is 1.41. The summed E-state index contributed by atoms with van der Waals surface area (Å²) in [4.78, 5) is 11.3. The van der Waals surface area contributed by atoms with Crippen LogP contribution in [0.25, 0.3) is 0 Å². The minimum absolute atomic E-state index is 0.195. The number of nitrogens with two attached hydrogens (primary N) is 1. The van der Waals surface area contributed by atoms with Gasteiger partial charge in [0.15, 0.2) is 0 Å². The predicted molar refractivity (Wildman–Crippen MR) is 71.6 cm³/mol. The lowest BCUT2D eigenvalue weighted by Crippen LogP contribution is -2.41. The quantitative estimate of drug-likeness (QED) is 0.632. The molecule has 0 aliphatic carbocycles. The Bertz CT molecular complexity index is 433. The van der Waals surface area contributed by atoms with Gasteiger partial charge in [0.05, 0.1) is 18.9 Å². The second-order valence-corrected chi connectivity index (χ2v) is 4.10. The maximum atomic E-state index is 11.3. The first-order valence-corrected chi connectivity index (χ1v) is 5.96. The topological polar surface area (TPSA) is 78.9 Å². The molecule has 0 aliphatic rings. The van der Waals surface area contributed by atoms with Crippen molar-refractivity contribution in [3.8, 4) is 0 Å². The monoisotopic (exact) mass is 269 g/mol. The average molecular weight is 270 g/mol. The lowest BCUT2D eigenvalue weighted by atomic mass is 10.2. The molecule has 2 amide bonds. The van der Waals surface area contributed by atoms with Crippen LogP contribution in [0, 0.1) is 0 Å². The zero-order valence-corrected chi connectivity index (χ0v) is 10.8. The average Bonchev–Trinajstić information content (AvgIpc) is 2.36. The number of aliphatic hydroxyl groups is 1. The van der Waals surface area contributed by atoms with E-state index in [0.717, 1.165) is 5.01 Å². The van der Waals surface area contributed by atoms with Gasteiger partial charge in [0, 0.05) is 10.6 Å². The zero-order chi connectivity index (χ0) is 13.5. The second-order valence-electron chi connectivity index (χ2n) is 3.69. The maximum Gasteiger partial charge on any atom is 0.335 e. The molecule has 1 atom stereocenters. The normalized spacial score (nSPS) is 12.6. The molecular formula is C12H16ClN3O2. The number of carbonyl (C=O) groups is 1. The van der Waals surface area contributed by atoms with Gasteiger partial charge >= 0.3 is 6.03 Å². The number of primary amides is 1. The van der Waals surface area contributed by atoms with Gasteiger partial charge in [-0.05, 0) is 12.5 Å². The third-order valence-electron chi connectivity index (χ3n) is 2.48. The van der Waals surface area contributed by atoms with Gasteiger partial charge < -0.3 is 10.8 Å². The third kappa shape index (κ3) is 3.72. The summed E-state index contributed by atoms with van der Waals surface area (Å²) in [5.74, 6) is 0. The van der Waals surface area contributed by atoms with E-state index in [9.17, 15) is 4.79 Å². The Kier molecular flexibility index (Phi) is 5.61. The summed E-state index contributed by atoms with van der Waals surface area (Å²) >= 11 is 5.96. The van der Waals surface area contributed by atoms with Crippen LogP contribution in [0.5, 0.6) is 0 Å². The van der Waals surface area contributed by atoms with Gasteiger partial charge in [0.25, 0.3) is 0 Å². The van der Waals surface area contributed by atoms with E-state index >= 15 is 0 Å². The lowest BCUT2D eigenvalue weighted by molar-refractivity contribution is 0.139. The van der Waals surface area contributed by atoms with Crippen LogP contribution < -0.4 is 5.73 Å². The number of halogens is 1. The van der Waals surface area contributed by atoms with E-state index in [1.165, 1.54) is 6.21 Å². The first-order valence-electron chi connectivity index (χ1n) is 5.58. The Hall–Kier alpha value is -1.59. The molecule has 0 bridgehead atoms. The summed E-state index contributed by atoms with van der Waals surface area (Å²) in [7, 11) is 0. The molecule has 1 rings (SSSR count). The van der Waals surface area contributed by atoms with Gasteiger partial charge in [-0.1, -0.05) is 36.7 Å². The summed E-state index contributed by atoms with van der Waals surface area (Å²) in [6.45, 7) is 1.64. The molecule has 1 aromatic carbocycles. The molecule has 0 saturated carbocycles. The fraction of sp³-hybridized carbons (Fsp3) is 0.333. The first kappa shape index (κ1) is 14.5. The summed E-state index contributed by atoms with van der Waals surface area (Å²) in [6.07, 6.45) is 2.00. The molecule has 0 heterocycles. The van der Waals surface area contributed by atoms with Crippen LogP contribution in [-0.4, -0.2) is 35.0 Å². The molecule has 1 aromatic rings. The van der Waals surface area contributed by atoms with Crippen molar-refractivity contribution < 1.29 is 9.90 Å². The second kappa shape index (κ2) is 6.98. The van der Waals surface area contributed by atoms with Crippen LogP contribution in [0.1, 0.15) is 18.9 Å². The van der Waals surface area contributed by atoms with E-state index in [0.29, 0.717) is 17.0 Å². The number of carbonyl (C=O) groups excluding carboxylic acids is 1. The van der Waals surface area contributed by atoms with Gasteiger partial charge in [-0.2, -0.15) is 5.10 Å². The summed E-state index contributed by atoms with van der Waals surface area (Å²) < 4.78 is 0. The highest BCUT2D eigenvalue weighted by Crippen LogP contribution is 2.13. The molecule has 18 heavy (non-hydrogen) atoms. The van der Waals surface area contributed by atoms with Crippen molar-refractivity contribution in [1.29, 1.82) is 0 Å². The number of hydrazone groups is 1. The van der Waals surface area contributed by atoms with Crippen LogP contribution in [0.2, 0.25) is 5.02 Å². The van der Waals surface area contributed by atoms with Crippen LogP contribution >= 0.6 is 11.6 Å². The predicted octanol–water partition coefficient (Wildman–Crippen LogP) is 1.83. The van der Waals surface area contributed by atoms with E-state index in [-0.39, 0.29) is 6.61 Å². The van der Waals surface area contributed by atoms with Crippen LogP contribution in [0.4, 0.5) is 4.79 Å². The van der Waals surface area contributed by atoms with Gasteiger partial charge in [-0.25, -0.2) is 9.80 Å². The summed E-state index contributed by atoms with van der Waals surface area (Å²) in [5.41, 5.74) is 5.90. The van der Waals surface area contributed by atoms with Gasteiger partial charge in [0.2, 0.25) is 0 Å². The standard InChI is InChI=1S/C12H16ClN3O2/c1-2-10(8-17)16(12(14)18)15-7-9-5-3-4-6-11(9)13/h3-7,10,17H,2,8H2,1H3,(H2,14,18)/b15-7+. The smallest absolute Gasteiger partial charge is 0.335 e. The van der Waals surface area contributed by atoms with Crippen molar-refractivity contribution in [3.05, 3.63) is 34.9 Å². The fourth-order valence-corrected chi connectivity index (χ4v) is 1.60. The number of benzene rings is 1. The number of nitrogens with zero attached hydrogens (tertiary/aromatic N) is 2. The highest BCUT2D eigenvalue weighted by atomic mass is 35.5. The molecule has 0 fully saturated rings.